The Hall–Kier alpha value is -0.450. The minimum absolute atomic E-state index is 0.320. The number of aryl methyl sites for hydroxylation is 2. The van der Waals surface area contributed by atoms with Crippen LogP contribution in [0.5, 0.6) is 0 Å². The van der Waals surface area contributed by atoms with E-state index in [2.05, 4.69) is 11.2 Å². The third-order valence-corrected chi connectivity index (χ3v) is 3.20. The van der Waals surface area contributed by atoms with Crippen LogP contribution < -0.4 is 0 Å². The molecule has 0 saturated carbocycles. The van der Waals surface area contributed by atoms with Crippen molar-refractivity contribution in [3.8, 4) is 0 Å². The average molecular weight is 202 g/mol. The lowest BCUT2D eigenvalue weighted by molar-refractivity contribution is 0.561. The molecular formula is C8H10O2S2. The van der Waals surface area contributed by atoms with Crippen molar-refractivity contribution in [1.29, 1.82) is 0 Å². The fourth-order valence-electron chi connectivity index (χ4n) is 0.874. The molecule has 4 heteroatoms. The van der Waals surface area contributed by atoms with Crippen molar-refractivity contribution < 1.29 is 8.76 Å². The van der Waals surface area contributed by atoms with Crippen molar-refractivity contribution in [2.75, 3.05) is 0 Å². The minimum Gasteiger partial charge on any atom is -0.302 e. The molecule has 0 bridgehead atoms. The number of hydrogen-bond acceptors (Lipinski definition) is 2. The maximum absolute atomic E-state index is 11.0. The van der Waals surface area contributed by atoms with Crippen molar-refractivity contribution in [1.82, 2.24) is 0 Å². The molecule has 66 valence electrons. The van der Waals surface area contributed by atoms with Gasteiger partial charge in [-0.1, -0.05) is 6.07 Å². The zero-order valence-electron chi connectivity index (χ0n) is 6.90. The predicted molar refractivity (Wildman–Crippen MR) is 52.3 cm³/mol. The second-order valence-corrected chi connectivity index (χ2v) is 5.50. The standard InChI is InChI=1S/C8H10O2S2/c1-6-3-4-8(5-7(6)2)12(9,10)11/h3-5H,1-2H3,(H,9,10,11). The largest absolute Gasteiger partial charge is 0.302 e. The molecule has 1 aromatic rings. The molecule has 0 aliphatic rings. The molecule has 0 saturated heterocycles. The molecule has 1 aromatic carbocycles. The van der Waals surface area contributed by atoms with Gasteiger partial charge in [0.25, 0.3) is 0 Å². The van der Waals surface area contributed by atoms with E-state index in [0.29, 0.717) is 4.90 Å². The van der Waals surface area contributed by atoms with Gasteiger partial charge in [0.05, 0.1) is 4.90 Å². The zero-order chi connectivity index (χ0) is 9.35. The molecule has 0 radical (unpaired) electrons. The van der Waals surface area contributed by atoms with E-state index < -0.39 is 8.77 Å². The highest BCUT2D eigenvalue weighted by molar-refractivity contribution is 8.29. The van der Waals surface area contributed by atoms with Crippen LogP contribution in [0, 0.1) is 13.8 Å². The first-order valence-electron chi connectivity index (χ1n) is 3.46. The molecule has 1 N–H and O–H groups in total. The number of hydrogen-bond donors (Lipinski definition) is 1. The van der Waals surface area contributed by atoms with Crippen molar-refractivity contribution in [2.24, 2.45) is 0 Å². The van der Waals surface area contributed by atoms with Crippen molar-refractivity contribution in [2.45, 2.75) is 18.7 Å². The summed E-state index contributed by atoms with van der Waals surface area (Å²) in [5, 5.41) is 0. The Morgan fingerprint density at radius 2 is 1.92 bits per heavy atom. The molecule has 1 atom stereocenters. The van der Waals surface area contributed by atoms with Crippen molar-refractivity contribution >= 4 is 20.0 Å². The van der Waals surface area contributed by atoms with Gasteiger partial charge in [0.15, 0.2) is 8.77 Å². The van der Waals surface area contributed by atoms with Gasteiger partial charge < -0.3 is 4.55 Å². The molecule has 0 aromatic heterocycles. The van der Waals surface area contributed by atoms with E-state index in [1.807, 2.05) is 13.8 Å². The van der Waals surface area contributed by atoms with E-state index in [-0.39, 0.29) is 0 Å². The second kappa shape index (κ2) is 3.12. The van der Waals surface area contributed by atoms with Crippen LogP contribution in [0.15, 0.2) is 23.1 Å². The van der Waals surface area contributed by atoms with E-state index in [9.17, 15) is 4.21 Å². The quantitative estimate of drug-likeness (QED) is 0.755. The zero-order valence-corrected chi connectivity index (χ0v) is 8.54. The van der Waals surface area contributed by atoms with Gasteiger partial charge in [0, 0.05) is 11.2 Å². The van der Waals surface area contributed by atoms with Gasteiger partial charge in [-0.15, -0.1) is 0 Å². The summed E-state index contributed by atoms with van der Waals surface area (Å²) < 4.78 is 20.1. The van der Waals surface area contributed by atoms with Crippen LogP contribution in [0.2, 0.25) is 0 Å². The van der Waals surface area contributed by atoms with Crippen LogP contribution in [0.3, 0.4) is 0 Å². The van der Waals surface area contributed by atoms with E-state index in [1.54, 1.807) is 18.2 Å². The molecular weight excluding hydrogens is 192 g/mol. The van der Waals surface area contributed by atoms with E-state index in [0.717, 1.165) is 11.1 Å². The predicted octanol–water partition coefficient (Wildman–Crippen LogP) is 1.88. The molecule has 0 aliphatic carbocycles. The summed E-state index contributed by atoms with van der Waals surface area (Å²) in [6, 6.07) is 5.05. The summed E-state index contributed by atoms with van der Waals surface area (Å²) in [7, 11) is -3.21. The first-order valence-corrected chi connectivity index (χ1v) is 5.90. The van der Waals surface area contributed by atoms with Gasteiger partial charge >= 0.3 is 0 Å². The maximum atomic E-state index is 11.0. The molecule has 1 rings (SSSR count). The highest BCUT2D eigenvalue weighted by Gasteiger charge is 2.05. The Kier molecular flexibility index (Phi) is 2.51. The smallest absolute Gasteiger partial charge is 0.171 e. The van der Waals surface area contributed by atoms with Gasteiger partial charge in [0.1, 0.15) is 0 Å². The van der Waals surface area contributed by atoms with Crippen LogP contribution in [0.1, 0.15) is 11.1 Å². The van der Waals surface area contributed by atoms with Gasteiger partial charge in [0.2, 0.25) is 0 Å². The first-order chi connectivity index (χ1) is 5.41. The van der Waals surface area contributed by atoms with Crippen LogP contribution in [-0.4, -0.2) is 8.76 Å². The Bertz CT molecular complexity index is 394. The number of rotatable bonds is 1. The Labute approximate surface area is 77.1 Å². The fourth-order valence-corrected chi connectivity index (χ4v) is 1.75. The summed E-state index contributed by atoms with van der Waals surface area (Å²) in [6.07, 6.45) is 0. The molecule has 0 spiro atoms. The lowest BCUT2D eigenvalue weighted by Crippen LogP contribution is -1.96. The summed E-state index contributed by atoms with van der Waals surface area (Å²) in [5.74, 6) is 0. The third kappa shape index (κ3) is 2.03. The van der Waals surface area contributed by atoms with Crippen LogP contribution in [0.25, 0.3) is 0 Å². The highest BCUT2D eigenvalue weighted by atomic mass is 32.8. The average Bonchev–Trinajstić information content (AvgIpc) is 1.92. The Morgan fingerprint density at radius 3 is 2.33 bits per heavy atom. The lowest BCUT2D eigenvalue weighted by Gasteiger charge is -2.03. The van der Waals surface area contributed by atoms with Gasteiger partial charge in [-0.05, 0) is 37.1 Å². The fraction of sp³-hybridized carbons (Fsp3) is 0.250. The summed E-state index contributed by atoms with van der Waals surface area (Å²) >= 11 is 4.44. The summed E-state index contributed by atoms with van der Waals surface area (Å²) in [4.78, 5) is 0.320. The van der Waals surface area contributed by atoms with E-state index >= 15 is 0 Å². The van der Waals surface area contributed by atoms with E-state index in [1.165, 1.54) is 0 Å². The maximum Gasteiger partial charge on any atom is 0.171 e. The summed E-state index contributed by atoms with van der Waals surface area (Å²) in [5.41, 5.74) is 2.08. The number of benzene rings is 1. The minimum atomic E-state index is -3.21. The molecule has 2 nitrogen and oxygen atoms in total. The van der Waals surface area contributed by atoms with Gasteiger partial charge in [-0.3, -0.25) is 0 Å². The first kappa shape index (κ1) is 9.64. The highest BCUT2D eigenvalue weighted by Crippen LogP contribution is 2.14. The summed E-state index contributed by atoms with van der Waals surface area (Å²) in [6.45, 7) is 3.83. The van der Waals surface area contributed by atoms with Crippen molar-refractivity contribution in [3.63, 3.8) is 0 Å². The molecule has 0 amide bonds. The van der Waals surface area contributed by atoms with Crippen LogP contribution in [0.4, 0.5) is 0 Å². The monoisotopic (exact) mass is 202 g/mol. The normalized spacial score (nSPS) is 15.6. The van der Waals surface area contributed by atoms with Crippen molar-refractivity contribution in [3.05, 3.63) is 29.3 Å². The van der Waals surface area contributed by atoms with Gasteiger partial charge in [-0.25, -0.2) is 4.21 Å². The molecule has 0 aliphatic heterocycles. The Morgan fingerprint density at radius 1 is 1.33 bits per heavy atom. The Balaban J connectivity index is 3.33. The van der Waals surface area contributed by atoms with Crippen LogP contribution >= 0.6 is 0 Å². The molecule has 0 heterocycles. The molecule has 1 unspecified atom stereocenters. The second-order valence-electron chi connectivity index (χ2n) is 2.72. The lowest BCUT2D eigenvalue weighted by atomic mass is 10.1. The van der Waals surface area contributed by atoms with E-state index in [4.69, 9.17) is 4.55 Å². The molecule has 12 heavy (non-hydrogen) atoms. The van der Waals surface area contributed by atoms with Gasteiger partial charge in [-0.2, -0.15) is 0 Å². The SMILES string of the molecule is Cc1ccc(S(=O)(O)=S)cc1C. The third-order valence-electron chi connectivity index (χ3n) is 1.78. The topological polar surface area (TPSA) is 37.3 Å². The molecule has 0 fully saturated rings. The van der Waals surface area contributed by atoms with Crippen LogP contribution in [-0.2, 0) is 20.0 Å².